The molecule has 0 saturated carbocycles. The summed E-state index contributed by atoms with van der Waals surface area (Å²) in [6.07, 6.45) is 4.56. The van der Waals surface area contributed by atoms with Crippen molar-refractivity contribution >= 4 is 5.91 Å². The molecule has 2 aromatic carbocycles. The number of oxazole rings is 1. The van der Waals surface area contributed by atoms with Crippen molar-refractivity contribution in [1.82, 2.24) is 25.1 Å². The Bertz CT molecular complexity index is 1280. The number of halogens is 1. The fourth-order valence-corrected chi connectivity index (χ4v) is 4.04. The molecule has 0 radical (unpaired) electrons. The number of amides is 1. The van der Waals surface area contributed by atoms with Gasteiger partial charge in [-0.1, -0.05) is 24.3 Å². The minimum Gasteiger partial charge on any atom is -0.436 e. The molecule has 0 bridgehead atoms. The molecule has 32 heavy (non-hydrogen) atoms. The number of nitrogens with zero attached hydrogens (tertiary/aromatic N) is 4. The zero-order valence-electron chi connectivity index (χ0n) is 17.6. The minimum atomic E-state index is -0.397. The lowest BCUT2D eigenvalue weighted by Gasteiger charge is -2.19. The van der Waals surface area contributed by atoms with E-state index in [0.29, 0.717) is 22.5 Å². The second kappa shape index (κ2) is 8.37. The Kier molecular flexibility index (Phi) is 5.26. The second-order valence-corrected chi connectivity index (χ2v) is 7.83. The smallest absolute Gasteiger partial charge is 0.252 e. The van der Waals surface area contributed by atoms with Crippen LogP contribution < -0.4 is 5.32 Å². The van der Waals surface area contributed by atoms with Gasteiger partial charge in [0.1, 0.15) is 11.6 Å². The molecule has 0 spiro atoms. The van der Waals surface area contributed by atoms with Crippen molar-refractivity contribution in [3.8, 4) is 22.8 Å². The Balaban J connectivity index is 1.41. The van der Waals surface area contributed by atoms with Crippen LogP contribution in [0.1, 0.15) is 47.8 Å². The summed E-state index contributed by atoms with van der Waals surface area (Å²) in [5.41, 5.74) is 1.26. The van der Waals surface area contributed by atoms with Gasteiger partial charge in [0.2, 0.25) is 5.89 Å². The molecule has 1 atom stereocenters. The molecule has 2 aromatic heterocycles. The number of rotatable bonds is 5. The van der Waals surface area contributed by atoms with Gasteiger partial charge in [0.05, 0.1) is 23.4 Å². The number of aryl methyl sites for hydroxylation is 1. The van der Waals surface area contributed by atoms with Crippen LogP contribution in [-0.2, 0) is 13.0 Å². The molecule has 0 saturated heterocycles. The van der Waals surface area contributed by atoms with Crippen LogP contribution in [0, 0.1) is 5.82 Å². The third kappa shape index (κ3) is 3.68. The van der Waals surface area contributed by atoms with E-state index < -0.39 is 5.82 Å². The van der Waals surface area contributed by atoms with Crippen LogP contribution in [0.25, 0.3) is 22.8 Å². The van der Waals surface area contributed by atoms with Crippen molar-refractivity contribution in [1.29, 1.82) is 0 Å². The summed E-state index contributed by atoms with van der Waals surface area (Å²) >= 11 is 0. The molecule has 8 heteroatoms. The van der Waals surface area contributed by atoms with Crippen molar-refractivity contribution in [2.45, 2.75) is 38.8 Å². The topological polar surface area (TPSA) is 85.8 Å². The first kappa shape index (κ1) is 20.1. The van der Waals surface area contributed by atoms with Crippen LogP contribution in [0.3, 0.4) is 0 Å². The van der Waals surface area contributed by atoms with E-state index in [1.54, 1.807) is 42.5 Å². The number of hydrogen-bond donors (Lipinski definition) is 1. The van der Waals surface area contributed by atoms with E-state index in [1.807, 2.05) is 6.92 Å². The van der Waals surface area contributed by atoms with Crippen LogP contribution in [0.2, 0.25) is 0 Å². The molecule has 0 unspecified atom stereocenters. The monoisotopic (exact) mass is 431 g/mol. The van der Waals surface area contributed by atoms with E-state index in [4.69, 9.17) is 4.42 Å². The van der Waals surface area contributed by atoms with E-state index in [2.05, 4.69) is 25.1 Å². The van der Waals surface area contributed by atoms with Gasteiger partial charge in [-0.3, -0.25) is 4.79 Å². The van der Waals surface area contributed by atoms with Crippen molar-refractivity contribution in [2.75, 3.05) is 0 Å². The second-order valence-electron chi connectivity index (χ2n) is 7.83. The first-order chi connectivity index (χ1) is 15.6. The first-order valence-corrected chi connectivity index (χ1v) is 10.6. The van der Waals surface area contributed by atoms with E-state index in [-0.39, 0.29) is 17.8 Å². The number of carbonyl (C=O) groups is 1. The maximum atomic E-state index is 14.1. The van der Waals surface area contributed by atoms with Gasteiger partial charge < -0.3 is 14.3 Å². The molecule has 1 amide bonds. The van der Waals surface area contributed by atoms with Gasteiger partial charge in [-0.2, -0.15) is 0 Å². The largest absolute Gasteiger partial charge is 0.436 e. The van der Waals surface area contributed by atoms with Crippen LogP contribution in [-0.4, -0.2) is 25.7 Å². The Labute approximate surface area is 184 Å². The predicted octanol–water partition coefficient (Wildman–Crippen LogP) is 4.57. The average molecular weight is 431 g/mol. The minimum absolute atomic E-state index is 0.251. The van der Waals surface area contributed by atoms with Crippen molar-refractivity contribution in [3.05, 3.63) is 77.8 Å². The molecule has 162 valence electrons. The molecular formula is C24H22FN5O2. The highest BCUT2D eigenvalue weighted by atomic mass is 19.1. The molecule has 0 fully saturated rings. The first-order valence-electron chi connectivity index (χ1n) is 10.6. The molecule has 1 N–H and O–H groups in total. The van der Waals surface area contributed by atoms with Gasteiger partial charge in [-0.25, -0.2) is 9.37 Å². The third-order valence-corrected chi connectivity index (χ3v) is 5.67. The Hall–Kier alpha value is -3.81. The quantitative estimate of drug-likeness (QED) is 0.500. The average Bonchev–Trinajstić information content (AvgIpc) is 3.47. The van der Waals surface area contributed by atoms with E-state index >= 15 is 0 Å². The van der Waals surface area contributed by atoms with Gasteiger partial charge in [0.15, 0.2) is 11.6 Å². The summed E-state index contributed by atoms with van der Waals surface area (Å²) in [4.78, 5) is 17.4. The van der Waals surface area contributed by atoms with E-state index in [0.717, 1.165) is 37.5 Å². The standard InChI is InChI=1S/C24H22FN5O2/c1-15(22-29-28-21-12-6-7-13-30(21)22)27-23(31)16-8-2-3-9-17(16)24-26-14-20(32-24)18-10-4-5-11-19(18)25/h2-5,8-11,14-15H,6-7,12-13H2,1H3,(H,27,31)/t15-/m1/s1. The molecule has 5 rings (SSSR count). The fourth-order valence-electron chi connectivity index (χ4n) is 4.04. The summed E-state index contributed by atoms with van der Waals surface area (Å²) in [5, 5.41) is 11.6. The van der Waals surface area contributed by atoms with Crippen LogP contribution in [0.15, 0.2) is 59.1 Å². The molecule has 0 aliphatic carbocycles. The summed E-state index contributed by atoms with van der Waals surface area (Å²) in [6.45, 7) is 2.76. The molecule has 1 aliphatic rings. The Morgan fingerprint density at radius 3 is 2.72 bits per heavy atom. The Morgan fingerprint density at radius 1 is 1.09 bits per heavy atom. The predicted molar refractivity (Wildman–Crippen MR) is 116 cm³/mol. The van der Waals surface area contributed by atoms with Gasteiger partial charge in [0.25, 0.3) is 5.91 Å². The van der Waals surface area contributed by atoms with Gasteiger partial charge in [0, 0.05) is 18.5 Å². The SMILES string of the molecule is C[C@@H](NC(=O)c1ccccc1-c1ncc(-c2ccccc2F)o1)c1nnc2n1CCCC2. The summed E-state index contributed by atoms with van der Waals surface area (Å²) in [7, 11) is 0. The van der Waals surface area contributed by atoms with Gasteiger partial charge in [-0.05, 0) is 44.0 Å². The number of carbonyl (C=O) groups excluding carboxylic acids is 1. The summed E-state index contributed by atoms with van der Waals surface area (Å²) < 4.78 is 22.0. The lowest BCUT2D eigenvalue weighted by molar-refractivity contribution is 0.0938. The maximum absolute atomic E-state index is 14.1. The molecule has 3 heterocycles. The fraction of sp³-hybridized carbons (Fsp3) is 0.250. The zero-order chi connectivity index (χ0) is 22.1. The normalized spacial score (nSPS) is 14.1. The van der Waals surface area contributed by atoms with Crippen LogP contribution in [0.4, 0.5) is 4.39 Å². The number of benzene rings is 2. The van der Waals surface area contributed by atoms with E-state index in [9.17, 15) is 9.18 Å². The lowest BCUT2D eigenvalue weighted by Crippen LogP contribution is -2.29. The maximum Gasteiger partial charge on any atom is 0.252 e. The number of fused-ring (bicyclic) bond motifs is 1. The number of hydrogen-bond acceptors (Lipinski definition) is 5. The molecule has 1 aliphatic heterocycles. The lowest BCUT2D eigenvalue weighted by atomic mass is 10.1. The highest BCUT2D eigenvalue weighted by molar-refractivity contribution is 6.00. The third-order valence-electron chi connectivity index (χ3n) is 5.67. The Morgan fingerprint density at radius 2 is 1.88 bits per heavy atom. The highest BCUT2D eigenvalue weighted by Crippen LogP contribution is 2.30. The number of nitrogens with one attached hydrogen (secondary N) is 1. The molecular weight excluding hydrogens is 409 g/mol. The van der Waals surface area contributed by atoms with Gasteiger partial charge in [-0.15, -0.1) is 10.2 Å². The molecule has 4 aromatic rings. The molecule has 7 nitrogen and oxygen atoms in total. The van der Waals surface area contributed by atoms with Crippen molar-refractivity contribution in [2.24, 2.45) is 0 Å². The van der Waals surface area contributed by atoms with Crippen molar-refractivity contribution in [3.63, 3.8) is 0 Å². The highest BCUT2D eigenvalue weighted by Gasteiger charge is 2.23. The zero-order valence-corrected chi connectivity index (χ0v) is 17.6. The number of aromatic nitrogens is 4. The van der Waals surface area contributed by atoms with Crippen molar-refractivity contribution < 1.29 is 13.6 Å². The summed E-state index contributed by atoms with van der Waals surface area (Å²) in [5.74, 6) is 1.61. The van der Waals surface area contributed by atoms with Crippen LogP contribution >= 0.6 is 0 Å². The van der Waals surface area contributed by atoms with Gasteiger partial charge >= 0.3 is 0 Å². The summed E-state index contributed by atoms with van der Waals surface area (Å²) in [6, 6.07) is 13.1. The van der Waals surface area contributed by atoms with Crippen LogP contribution in [0.5, 0.6) is 0 Å². The van der Waals surface area contributed by atoms with E-state index in [1.165, 1.54) is 12.3 Å².